The molecule has 2 aliphatic heterocycles. The van der Waals surface area contributed by atoms with Crippen LogP contribution in [-0.2, 0) is 9.59 Å². The molecule has 0 aliphatic carbocycles. The fraction of sp³-hybridized carbons (Fsp3) is 0.312. The summed E-state index contributed by atoms with van der Waals surface area (Å²) in [6.45, 7) is 9.77. The van der Waals surface area contributed by atoms with Gasteiger partial charge in [-0.1, -0.05) is 25.3 Å². The first-order valence-corrected chi connectivity index (χ1v) is 13.6. The van der Waals surface area contributed by atoms with E-state index < -0.39 is 5.24 Å². The Morgan fingerprint density at radius 3 is 1.90 bits per heavy atom. The summed E-state index contributed by atoms with van der Waals surface area (Å²) in [4.78, 5) is 22.9. The van der Waals surface area contributed by atoms with Gasteiger partial charge in [-0.15, -0.1) is 0 Å². The smallest absolute Gasteiger partial charge is 0.245 e. The van der Waals surface area contributed by atoms with E-state index in [4.69, 9.17) is 21.1 Å². The predicted molar refractivity (Wildman–Crippen MR) is 161 cm³/mol. The molecule has 0 saturated carbocycles. The van der Waals surface area contributed by atoms with Crippen molar-refractivity contribution in [2.75, 3.05) is 40.4 Å². The molecule has 220 valence electrons. The largest absolute Gasteiger partial charge is 0.496 e. The predicted octanol–water partition coefficient (Wildman–Crippen LogP) is 6.57. The Labute approximate surface area is 246 Å². The highest BCUT2D eigenvalue weighted by molar-refractivity contribution is 6.66. The van der Waals surface area contributed by atoms with Crippen LogP contribution in [0.25, 0.3) is 11.1 Å². The van der Waals surface area contributed by atoms with Crippen LogP contribution >= 0.6 is 11.6 Å². The van der Waals surface area contributed by atoms with Crippen LogP contribution < -0.4 is 14.8 Å². The molecule has 0 spiro atoms. The lowest BCUT2D eigenvalue weighted by Crippen LogP contribution is -2.30. The molecule has 0 atom stereocenters. The van der Waals surface area contributed by atoms with Gasteiger partial charge in [-0.2, -0.15) is 0 Å². The SMILES string of the molecule is C=CC(=O)Cl.C=CC(=O)N1CCC=C(c2cc(F)ccc2OC)CC1.COc1ccc(F)cc1C1=CCCNCC1. The molecular formula is C32H37ClF2N2O4. The number of nitrogens with one attached hydrogen (secondary N) is 1. The van der Waals surface area contributed by atoms with Crippen LogP contribution in [0.2, 0.25) is 0 Å². The van der Waals surface area contributed by atoms with Gasteiger partial charge in [0, 0.05) is 24.2 Å². The summed E-state index contributed by atoms with van der Waals surface area (Å²) >= 11 is 4.71. The number of carbonyl (C=O) groups excluding carboxylic acids is 2. The van der Waals surface area contributed by atoms with E-state index in [0.717, 1.165) is 60.9 Å². The van der Waals surface area contributed by atoms with Crippen molar-refractivity contribution >= 4 is 33.9 Å². The van der Waals surface area contributed by atoms with Crippen molar-refractivity contribution in [3.8, 4) is 11.5 Å². The number of hydrogen-bond donors (Lipinski definition) is 1. The Kier molecular flexibility index (Phi) is 14.6. The van der Waals surface area contributed by atoms with E-state index in [1.165, 1.54) is 29.8 Å². The third kappa shape index (κ3) is 11.0. The Hall–Kier alpha value is -3.75. The lowest BCUT2D eigenvalue weighted by atomic mass is 10.0. The van der Waals surface area contributed by atoms with Crippen molar-refractivity contribution in [3.05, 3.63) is 96.6 Å². The highest BCUT2D eigenvalue weighted by atomic mass is 35.5. The van der Waals surface area contributed by atoms with Crippen LogP contribution in [0.1, 0.15) is 36.8 Å². The summed E-state index contributed by atoms with van der Waals surface area (Å²) < 4.78 is 37.2. The van der Waals surface area contributed by atoms with E-state index in [1.807, 2.05) is 6.08 Å². The molecule has 6 nitrogen and oxygen atoms in total. The molecular weight excluding hydrogens is 550 g/mol. The van der Waals surface area contributed by atoms with E-state index in [2.05, 4.69) is 24.6 Å². The first kappa shape index (κ1) is 33.5. The van der Waals surface area contributed by atoms with Gasteiger partial charge in [0.1, 0.15) is 23.1 Å². The molecule has 9 heteroatoms. The zero-order valence-electron chi connectivity index (χ0n) is 23.6. The number of allylic oxidation sites excluding steroid dienone is 1. The van der Waals surface area contributed by atoms with Gasteiger partial charge in [0.05, 0.1) is 14.2 Å². The van der Waals surface area contributed by atoms with Gasteiger partial charge in [0.2, 0.25) is 11.1 Å². The summed E-state index contributed by atoms with van der Waals surface area (Å²) in [5.41, 5.74) is 3.83. The van der Waals surface area contributed by atoms with Crippen molar-refractivity contribution in [2.24, 2.45) is 0 Å². The maximum Gasteiger partial charge on any atom is 0.245 e. The number of nitrogens with zero attached hydrogens (tertiary/aromatic N) is 1. The Morgan fingerprint density at radius 2 is 1.39 bits per heavy atom. The molecule has 2 aromatic rings. The number of rotatable bonds is 6. The minimum Gasteiger partial charge on any atom is -0.496 e. The number of ether oxygens (including phenoxy) is 2. The molecule has 0 unspecified atom stereocenters. The van der Waals surface area contributed by atoms with Crippen LogP contribution in [0.4, 0.5) is 8.78 Å². The zero-order valence-corrected chi connectivity index (χ0v) is 24.3. The Bertz CT molecular complexity index is 1280. The lowest BCUT2D eigenvalue weighted by Gasteiger charge is -2.18. The molecule has 0 bridgehead atoms. The number of benzene rings is 2. The highest BCUT2D eigenvalue weighted by Gasteiger charge is 2.17. The molecule has 41 heavy (non-hydrogen) atoms. The average Bonchev–Trinajstić information content (AvgIpc) is 3.41. The number of halogens is 3. The molecule has 1 N–H and O–H groups in total. The van der Waals surface area contributed by atoms with Crippen LogP contribution in [0.15, 0.2) is 73.9 Å². The fourth-order valence-electron chi connectivity index (χ4n) is 4.36. The van der Waals surface area contributed by atoms with Crippen molar-refractivity contribution in [1.29, 1.82) is 0 Å². The molecule has 0 radical (unpaired) electrons. The van der Waals surface area contributed by atoms with Crippen molar-refractivity contribution in [2.45, 2.75) is 25.7 Å². The molecule has 4 rings (SSSR count). The first-order chi connectivity index (χ1) is 19.7. The van der Waals surface area contributed by atoms with Gasteiger partial charge in [-0.3, -0.25) is 9.59 Å². The zero-order chi connectivity index (χ0) is 30.2. The van der Waals surface area contributed by atoms with Crippen molar-refractivity contribution in [1.82, 2.24) is 10.2 Å². The second kappa shape index (κ2) is 17.8. The molecule has 2 aliphatic rings. The number of carbonyl (C=O) groups is 2. The van der Waals surface area contributed by atoms with E-state index >= 15 is 0 Å². The summed E-state index contributed by atoms with van der Waals surface area (Å²) in [6, 6.07) is 9.16. The average molecular weight is 587 g/mol. The van der Waals surface area contributed by atoms with Gasteiger partial charge in [0.15, 0.2) is 0 Å². The van der Waals surface area contributed by atoms with E-state index in [0.29, 0.717) is 25.3 Å². The van der Waals surface area contributed by atoms with Crippen LogP contribution in [0.5, 0.6) is 11.5 Å². The van der Waals surface area contributed by atoms with E-state index in [-0.39, 0.29) is 17.5 Å². The van der Waals surface area contributed by atoms with E-state index in [1.54, 1.807) is 37.3 Å². The fourth-order valence-corrected chi connectivity index (χ4v) is 4.36. The highest BCUT2D eigenvalue weighted by Crippen LogP contribution is 2.31. The van der Waals surface area contributed by atoms with Crippen LogP contribution in [0, 0.1) is 11.6 Å². The monoisotopic (exact) mass is 586 g/mol. The third-order valence-electron chi connectivity index (χ3n) is 6.39. The minimum atomic E-state index is -0.509. The summed E-state index contributed by atoms with van der Waals surface area (Å²) in [5.74, 6) is 0.834. The van der Waals surface area contributed by atoms with Crippen molar-refractivity contribution < 1.29 is 27.8 Å². The second-order valence-electron chi connectivity index (χ2n) is 9.01. The minimum absolute atomic E-state index is 0.0640. The summed E-state index contributed by atoms with van der Waals surface area (Å²) in [7, 11) is 3.19. The van der Waals surface area contributed by atoms with E-state index in [9.17, 15) is 18.4 Å². The van der Waals surface area contributed by atoms with Crippen LogP contribution in [0.3, 0.4) is 0 Å². The third-order valence-corrected chi connectivity index (χ3v) is 6.54. The molecule has 0 aromatic heterocycles. The summed E-state index contributed by atoms with van der Waals surface area (Å²) in [5, 5.41) is 2.80. The van der Waals surface area contributed by atoms with Gasteiger partial charge < -0.3 is 19.7 Å². The van der Waals surface area contributed by atoms with Gasteiger partial charge in [-0.25, -0.2) is 8.78 Å². The first-order valence-electron chi connectivity index (χ1n) is 13.2. The molecule has 0 saturated heterocycles. The number of amides is 1. The van der Waals surface area contributed by atoms with Gasteiger partial charge >= 0.3 is 0 Å². The number of methoxy groups -OCH3 is 2. The number of hydrogen-bond acceptors (Lipinski definition) is 5. The normalized spacial score (nSPS) is 14.7. The Balaban J connectivity index is 0.000000251. The molecule has 2 aromatic carbocycles. The maximum atomic E-state index is 13.4. The topological polar surface area (TPSA) is 67.9 Å². The quantitative estimate of drug-likeness (QED) is 0.306. The molecule has 1 amide bonds. The van der Waals surface area contributed by atoms with Crippen LogP contribution in [-0.4, -0.2) is 56.4 Å². The van der Waals surface area contributed by atoms with Crippen molar-refractivity contribution in [3.63, 3.8) is 0 Å². The van der Waals surface area contributed by atoms with Gasteiger partial charge in [-0.05, 0) is 110 Å². The second-order valence-corrected chi connectivity index (χ2v) is 9.39. The Morgan fingerprint density at radius 1 is 0.854 bits per heavy atom. The molecule has 0 fully saturated rings. The van der Waals surface area contributed by atoms with Gasteiger partial charge in [0.25, 0.3) is 0 Å². The molecule has 2 heterocycles. The summed E-state index contributed by atoms with van der Waals surface area (Å²) in [6.07, 6.45) is 9.91. The maximum absolute atomic E-state index is 13.4. The standard InChI is InChI=1S/C16H18FNO2.C13H16FNO.C3H3ClO/c1-3-16(19)18-9-4-5-12(8-10-18)14-11-13(17)6-7-15(14)20-2;1-16-13-5-4-11(14)9-12(13)10-3-2-7-15-8-6-10;1-2-3(4)5/h3,5-7,11H,1,4,8-10H2,2H3;3-5,9,15H,2,6-8H2,1H3;2H,1H2. The lowest BCUT2D eigenvalue weighted by molar-refractivity contribution is -0.125.